The first-order chi connectivity index (χ1) is 36.8. The molecule has 0 N–H and O–H groups in total. The van der Waals surface area contributed by atoms with Crippen LogP contribution in [0, 0.1) is 0 Å². The van der Waals surface area contributed by atoms with Crippen LogP contribution in [-0.2, 0) is 0 Å². The molecule has 0 atom stereocenters. The normalized spacial score (nSPS) is 13.8. The van der Waals surface area contributed by atoms with E-state index in [-0.39, 0.29) is 13.7 Å². The Bertz CT molecular complexity index is 4750. The number of fused-ring (bicyclic) bond motifs is 24. The molecule has 0 aliphatic carbocycles. The summed E-state index contributed by atoms with van der Waals surface area (Å²) in [7, 11) is 0. The topological polar surface area (TPSA) is 42.6 Å². The third kappa shape index (κ3) is 4.35. The van der Waals surface area contributed by atoms with Gasteiger partial charge in [0.2, 0.25) is 0 Å². The number of rotatable bonds is 2. The number of hydrogen-bond donors (Lipinski definition) is 0. The maximum atomic E-state index is 7.10. The zero-order valence-electron chi connectivity index (χ0n) is 39.5. The van der Waals surface area contributed by atoms with Crippen molar-refractivity contribution in [1.82, 2.24) is 8.96 Å². The van der Waals surface area contributed by atoms with Gasteiger partial charge in [0, 0.05) is 88.3 Å². The van der Waals surface area contributed by atoms with Crippen LogP contribution in [0.25, 0.3) is 110 Å². The lowest BCUT2D eigenvalue weighted by molar-refractivity contribution is 0.669. The zero-order valence-corrected chi connectivity index (χ0v) is 39.5. The molecule has 0 saturated heterocycles. The minimum absolute atomic E-state index is 0.161. The minimum atomic E-state index is -0.161. The van der Waals surface area contributed by atoms with Crippen molar-refractivity contribution in [3.63, 3.8) is 0 Å². The lowest BCUT2D eigenvalue weighted by Crippen LogP contribution is -2.57. The van der Waals surface area contributed by atoms with E-state index in [1.54, 1.807) is 0 Å². The molecule has 19 rings (SSSR count). The molecule has 0 amide bonds. The summed E-state index contributed by atoms with van der Waals surface area (Å²) in [6.45, 7) is -0.323. The Balaban J connectivity index is 1.08. The van der Waals surface area contributed by atoms with Crippen LogP contribution in [0.5, 0.6) is 0 Å². The standard InChI is InChI=1S/C66H36B2N4O2/c1-3-19-37(20-4-1)69-49-31-15-11-27-45(49)67-61-43(35-53-55(65(61)69)41-25-9-17-33-51(41)73-53)59-57-40-24-8-14-30-48(40)72-64(57)60(58-39-23-7-13-29-47(39)71(67)63(58)59)44-36-54-56(42-26-10-18-34-52(42)74-54)66-62(44)68(72)46-28-12-16-32-50(46)70(66)38-21-5-2-6-22-38/h1-36H. The molecule has 0 spiro atoms. The second-order valence-corrected chi connectivity index (χ2v) is 20.6. The summed E-state index contributed by atoms with van der Waals surface area (Å²) in [5.41, 5.74) is 25.4. The van der Waals surface area contributed by atoms with Crippen LogP contribution in [0.2, 0.25) is 0 Å². The smallest absolute Gasteiger partial charge is 0.333 e. The van der Waals surface area contributed by atoms with E-state index in [1.165, 1.54) is 110 Å². The largest absolute Gasteiger partial charge is 0.456 e. The maximum Gasteiger partial charge on any atom is 0.333 e. The summed E-state index contributed by atoms with van der Waals surface area (Å²) < 4.78 is 19.6. The van der Waals surface area contributed by atoms with Crippen molar-refractivity contribution in [3.05, 3.63) is 218 Å². The molecule has 0 bridgehead atoms. The highest BCUT2D eigenvalue weighted by molar-refractivity contribution is 6.92. The highest BCUT2D eigenvalue weighted by atomic mass is 16.3. The van der Waals surface area contributed by atoms with Crippen molar-refractivity contribution in [1.29, 1.82) is 0 Å². The lowest BCUT2D eigenvalue weighted by atomic mass is 9.44. The van der Waals surface area contributed by atoms with E-state index in [2.05, 4.69) is 237 Å². The van der Waals surface area contributed by atoms with Gasteiger partial charge in [0.15, 0.2) is 0 Å². The van der Waals surface area contributed by atoms with E-state index in [0.717, 1.165) is 55.3 Å². The molecule has 4 aliphatic heterocycles. The van der Waals surface area contributed by atoms with Gasteiger partial charge < -0.3 is 27.6 Å². The van der Waals surface area contributed by atoms with E-state index in [0.29, 0.717) is 0 Å². The van der Waals surface area contributed by atoms with Crippen LogP contribution in [0.1, 0.15) is 0 Å². The van der Waals surface area contributed by atoms with Crippen LogP contribution in [0.4, 0.5) is 34.1 Å². The number of furan rings is 2. The second kappa shape index (κ2) is 13.2. The minimum Gasteiger partial charge on any atom is -0.456 e. The molecule has 4 aromatic heterocycles. The van der Waals surface area contributed by atoms with Gasteiger partial charge in [0.1, 0.15) is 22.3 Å². The van der Waals surface area contributed by atoms with Crippen LogP contribution in [0.3, 0.4) is 0 Å². The molecule has 15 aromatic rings. The molecule has 74 heavy (non-hydrogen) atoms. The van der Waals surface area contributed by atoms with Crippen molar-refractivity contribution < 1.29 is 8.83 Å². The molecule has 0 radical (unpaired) electrons. The van der Waals surface area contributed by atoms with Crippen molar-refractivity contribution in [2.24, 2.45) is 0 Å². The van der Waals surface area contributed by atoms with Gasteiger partial charge in [-0.15, -0.1) is 0 Å². The molecular formula is C66H36B2N4O2. The zero-order chi connectivity index (χ0) is 47.7. The monoisotopic (exact) mass is 938 g/mol. The Morgan fingerprint density at radius 3 is 1.16 bits per heavy atom. The Kier molecular flexibility index (Phi) is 6.82. The van der Waals surface area contributed by atoms with Gasteiger partial charge >= 0.3 is 13.7 Å². The van der Waals surface area contributed by atoms with E-state index < -0.39 is 0 Å². The predicted octanol–water partition coefficient (Wildman–Crippen LogP) is 14.5. The molecule has 6 nitrogen and oxygen atoms in total. The van der Waals surface area contributed by atoms with E-state index in [1.807, 2.05) is 0 Å². The fourth-order valence-electron chi connectivity index (χ4n) is 14.6. The molecule has 8 heterocycles. The van der Waals surface area contributed by atoms with Gasteiger partial charge in [-0.3, -0.25) is 0 Å². The van der Waals surface area contributed by atoms with Gasteiger partial charge in [-0.25, -0.2) is 0 Å². The summed E-state index contributed by atoms with van der Waals surface area (Å²) in [6, 6.07) is 80.5. The van der Waals surface area contributed by atoms with E-state index in [4.69, 9.17) is 8.83 Å². The Morgan fingerprint density at radius 1 is 0.324 bits per heavy atom. The van der Waals surface area contributed by atoms with Crippen LogP contribution in [0.15, 0.2) is 227 Å². The molecule has 8 heteroatoms. The first-order valence-corrected chi connectivity index (χ1v) is 25.7. The number of benzene rings is 11. The molecular weight excluding hydrogens is 902 g/mol. The number of nitrogens with zero attached hydrogens (tertiary/aromatic N) is 4. The highest BCUT2D eigenvalue weighted by Crippen LogP contribution is 2.58. The number of para-hydroxylation sites is 8. The Labute approximate surface area is 423 Å². The van der Waals surface area contributed by atoms with Gasteiger partial charge in [0.05, 0.1) is 22.1 Å². The number of hydrogen-bond acceptors (Lipinski definition) is 4. The summed E-state index contributed by atoms with van der Waals surface area (Å²) >= 11 is 0. The first kappa shape index (κ1) is 38.1. The first-order valence-electron chi connectivity index (χ1n) is 25.7. The molecule has 0 unspecified atom stereocenters. The average Bonchev–Trinajstić information content (AvgIpc) is 4.27. The van der Waals surface area contributed by atoms with E-state index in [9.17, 15) is 0 Å². The van der Waals surface area contributed by atoms with Gasteiger partial charge in [-0.2, -0.15) is 0 Å². The van der Waals surface area contributed by atoms with Crippen LogP contribution >= 0.6 is 0 Å². The summed E-state index contributed by atoms with van der Waals surface area (Å²) in [4.78, 5) is 5.04. The molecule has 0 fully saturated rings. The van der Waals surface area contributed by atoms with E-state index >= 15 is 0 Å². The van der Waals surface area contributed by atoms with Crippen molar-refractivity contribution in [2.45, 2.75) is 0 Å². The average molecular weight is 939 g/mol. The molecule has 0 saturated carbocycles. The molecule has 11 aromatic carbocycles. The van der Waals surface area contributed by atoms with Gasteiger partial charge in [0.25, 0.3) is 0 Å². The second-order valence-electron chi connectivity index (χ2n) is 20.6. The number of anilines is 6. The Morgan fingerprint density at radius 2 is 0.703 bits per heavy atom. The molecule has 338 valence electrons. The predicted molar refractivity (Wildman–Crippen MR) is 308 cm³/mol. The summed E-state index contributed by atoms with van der Waals surface area (Å²) in [5.74, 6) is 0. The van der Waals surface area contributed by atoms with Crippen molar-refractivity contribution in [2.75, 3.05) is 9.80 Å². The fourth-order valence-corrected chi connectivity index (χ4v) is 14.6. The Hall–Kier alpha value is -9.65. The summed E-state index contributed by atoms with van der Waals surface area (Å²) in [6.07, 6.45) is 0. The van der Waals surface area contributed by atoms with Crippen LogP contribution in [-0.4, -0.2) is 22.7 Å². The van der Waals surface area contributed by atoms with Crippen LogP contribution < -0.4 is 31.7 Å². The molecule has 4 aliphatic rings. The lowest BCUT2D eigenvalue weighted by Gasteiger charge is -2.42. The SMILES string of the molecule is c1ccc(N2c3ccccc3B3c4c(cc5oc6ccccc6c5c42)-c2c4c5ccccc5n5c4c(c4c6ccccc6n3c24)-c2cc3oc4ccccc4c3c3c2B5c2ccccc2N3c2ccccc2)cc1. The maximum absolute atomic E-state index is 7.10. The third-order valence-electron chi connectivity index (χ3n) is 17.2. The highest BCUT2D eigenvalue weighted by Gasteiger charge is 2.49. The summed E-state index contributed by atoms with van der Waals surface area (Å²) in [5, 5.41) is 9.48. The van der Waals surface area contributed by atoms with Gasteiger partial charge in [-0.1, -0.05) is 146 Å². The fraction of sp³-hybridized carbons (Fsp3) is 0. The number of aromatic nitrogens is 2. The quantitative estimate of drug-likeness (QED) is 0.162. The third-order valence-corrected chi connectivity index (χ3v) is 17.2. The van der Waals surface area contributed by atoms with Crippen molar-refractivity contribution >= 4 is 157 Å². The van der Waals surface area contributed by atoms with Gasteiger partial charge in [-0.05, 0) is 106 Å². The van der Waals surface area contributed by atoms with Crippen molar-refractivity contribution in [3.8, 4) is 22.3 Å².